The highest BCUT2D eigenvalue weighted by Crippen LogP contribution is 2.39. The van der Waals surface area contributed by atoms with Crippen LogP contribution in [0.4, 0.5) is 5.69 Å². The minimum atomic E-state index is 0. The Morgan fingerprint density at radius 2 is 1.78 bits per heavy atom. The van der Waals surface area contributed by atoms with Gasteiger partial charge >= 0.3 is 0 Å². The molecule has 1 aromatic rings. The van der Waals surface area contributed by atoms with Crippen LogP contribution in [0.5, 0.6) is 17.2 Å². The number of carbonyl (C=O) groups excluding carboxylic acids is 1. The lowest BCUT2D eigenvalue weighted by atomic mass is 10.2. The first-order valence-electron chi connectivity index (χ1n) is 8.68. The van der Waals surface area contributed by atoms with Gasteiger partial charge in [0, 0.05) is 43.9 Å². The van der Waals surface area contributed by atoms with Gasteiger partial charge in [0.05, 0.1) is 21.3 Å². The third-order valence-corrected chi connectivity index (χ3v) is 3.97. The molecule has 0 spiro atoms. The van der Waals surface area contributed by atoms with E-state index in [9.17, 15) is 4.79 Å². The van der Waals surface area contributed by atoms with Gasteiger partial charge in [0.2, 0.25) is 11.7 Å². The third kappa shape index (κ3) is 7.31. The quantitative estimate of drug-likeness (QED) is 0.212. The number of carbonyl (C=O) groups is 1. The summed E-state index contributed by atoms with van der Waals surface area (Å²) in [5.41, 5.74) is 0.749. The smallest absolute Gasteiger partial charge is 0.220 e. The number of hydrogen-bond donors (Lipinski definition) is 3. The second-order valence-electron chi connectivity index (χ2n) is 5.98. The number of methoxy groups -OCH3 is 3. The lowest BCUT2D eigenvalue weighted by molar-refractivity contribution is -0.121. The molecule has 2 rings (SSSR count). The zero-order chi connectivity index (χ0) is 18.9. The number of benzene rings is 1. The maximum atomic E-state index is 11.7. The summed E-state index contributed by atoms with van der Waals surface area (Å²) in [5.74, 6) is 2.36. The number of guanidine groups is 1. The Kier molecular flexibility index (Phi) is 10.0. The predicted molar refractivity (Wildman–Crippen MR) is 117 cm³/mol. The third-order valence-electron chi connectivity index (χ3n) is 3.97. The van der Waals surface area contributed by atoms with Gasteiger partial charge in [0.25, 0.3) is 0 Å². The summed E-state index contributed by atoms with van der Waals surface area (Å²) in [6.07, 6.45) is 3.45. The summed E-state index contributed by atoms with van der Waals surface area (Å²) >= 11 is 0. The standard InChI is InChI=1S/C18H28N4O4.HI/c1-19-18(20-9-5-6-16(23)21-12-7-8-12)22-13-10-14(24-2)17(26-4)15(11-13)25-3;/h10-12H,5-9H2,1-4H3,(H,21,23)(H2,19,20,22);1H. The Morgan fingerprint density at radius 1 is 1.15 bits per heavy atom. The number of anilines is 1. The largest absolute Gasteiger partial charge is 0.493 e. The summed E-state index contributed by atoms with van der Waals surface area (Å²) < 4.78 is 16.0. The minimum Gasteiger partial charge on any atom is -0.493 e. The lowest BCUT2D eigenvalue weighted by Gasteiger charge is -2.16. The Balaban J connectivity index is 0.00000364. The average molecular weight is 492 g/mol. The van der Waals surface area contributed by atoms with Crippen molar-refractivity contribution < 1.29 is 19.0 Å². The molecule has 0 saturated heterocycles. The van der Waals surface area contributed by atoms with Crippen LogP contribution in [0.2, 0.25) is 0 Å². The van der Waals surface area contributed by atoms with Crippen molar-refractivity contribution in [2.24, 2.45) is 4.99 Å². The molecular weight excluding hydrogens is 463 g/mol. The van der Waals surface area contributed by atoms with E-state index < -0.39 is 0 Å². The number of hydrogen-bond acceptors (Lipinski definition) is 5. The van der Waals surface area contributed by atoms with Gasteiger partial charge < -0.3 is 30.2 Å². The summed E-state index contributed by atoms with van der Waals surface area (Å²) in [6.45, 7) is 0.641. The fourth-order valence-electron chi connectivity index (χ4n) is 2.45. The van der Waals surface area contributed by atoms with Gasteiger partial charge in [-0.2, -0.15) is 0 Å². The van der Waals surface area contributed by atoms with Crippen molar-refractivity contribution in [3.05, 3.63) is 12.1 Å². The zero-order valence-corrected chi connectivity index (χ0v) is 18.6. The highest BCUT2D eigenvalue weighted by Gasteiger charge is 2.22. The van der Waals surface area contributed by atoms with Crippen LogP contribution >= 0.6 is 24.0 Å². The topological polar surface area (TPSA) is 93.2 Å². The monoisotopic (exact) mass is 492 g/mol. The van der Waals surface area contributed by atoms with Gasteiger partial charge in [0.1, 0.15) is 0 Å². The maximum absolute atomic E-state index is 11.7. The first kappa shape index (κ1) is 23.1. The molecule has 1 aromatic carbocycles. The number of rotatable bonds is 9. The summed E-state index contributed by atoms with van der Waals surface area (Å²) in [5, 5.41) is 9.35. The fourth-order valence-corrected chi connectivity index (χ4v) is 2.45. The predicted octanol–water partition coefficient (Wildman–Crippen LogP) is 2.38. The first-order valence-corrected chi connectivity index (χ1v) is 8.68. The number of nitrogens with one attached hydrogen (secondary N) is 3. The van der Waals surface area contributed by atoms with Crippen LogP contribution in [-0.2, 0) is 4.79 Å². The second kappa shape index (κ2) is 11.7. The SMILES string of the molecule is CN=C(NCCCC(=O)NC1CC1)Nc1cc(OC)c(OC)c(OC)c1.I. The summed E-state index contributed by atoms with van der Waals surface area (Å²) in [4.78, 5) is 15.9. The summed E-state index contributed by atoms with van der Waals surface area (Å²) in [7, 11) is 6.39. The molecule has 1 amide bonds. The van der Waals surface area contributed by atoms with Crippen LogP contribution in [0.25, 0.3) is 0 Å². The molecule has 0 radical (unpaired) electrons. The number of ether oxygens (including phenoxy) is 3. The van der Waals surface area contributed by atoms with Crippen molar-refractivity contribution in [2.75, 3.05) is 40.2 Å². The Labute approximate surface area is 177 Å². The van der Waals surface area contributed by atoms with E-state index in [-0.39, 0.29) is 29.9 Å². The highest BCUT2D eigenvalue weighted by atomic mass is 127. The molecule has 0 aliphatic heterocycles. The van der Waals surface area contributed by atoms with Crippen LogP contribution in [0.3, 0.4) is 0 Å². The molecule has 152 valence electrons. The molecule has 0 bridgehead atoms. The van der Waals surface area contributed by atoms with Gasteiger partial charge in [-0.15, -0.1) is 24.0 Å². The van der Waals surface area contributed by atoms with Crippen molar-refractivity contribution in [1.29, 1.82) is 0 Å². The van der Waals surface area contributed by atoms with E-state index in [1.54, 1.807) is 40.5 Å². The van der Waals surface area contributed by atoms with Crippen LogP contribution in [0.15, 0.2) is 17.1 Å². The average Bonchev–Trinajstić information content (AvgIpc) is 3.46. The van der Waals surface area contributed by atoms with E-state index >= 15 is 0 Å². The molecule has 0 atom stereocenters. The van der Waals surface area contributed by atoms with Crippen LogP contribution in [0.1, 0.15) is 25.7 Å². The highest BCUT2D eigenvalue weighted by molar-refractivity contribution is 14.0. The van der Waals surface area contributed by atoms with Crippen LogP contribution < -0.4 is 30.2 Å². The van der Waals surface area contributed by atoms with Gasteiger partial charge in [-0.25, -0.2) is 0 Å². The van der Waals surface area contributed by atoms with Gasteiger partial charge in [-0.05, 0) is 19.3 Å². The molecule has 9 heteroatoms. The minimum absolute atomic E-state index is 0. The number of nitrogens with zero attached hydrogens (tertiary/aromatic N) is 1. The molecule has 1 fully saturated rings. The fraction of sp³-hybridized carbons (Fsp3) is 0.556. The molecule has 0 heterocycles. The van der Waals surface area contributed by atoms with E-state index in [0.717, 1.165) is 24.9 Å². The van der Waals surface area contributed by atoms with E-state index in [1.807, 2.05) is 0 Å². The summed E-state index contributed by atoms with van der Waals surface area (Å²) in [6, 6.07) is 4.01. The molecule has 1 aliphatic rings. The van der Waals surface area contributed by atoms with Gasteiger partial charge in [0.15, 0.2) is 17.5 Å². The van der Waals surface area contributed by atoms with E-state index in [0.29, 0.717) is 42.2 Å². The molecule has 8 nitrogen and oxygen atoms in total. The molecule has 0 unspecified atom stereocenters. The van der Waals surface area contributed by atoms with Crippen molar-refractivity contribution in [1.82, 2.24) is 10.6 Å². The van der Waals surface area contributed by atoms with Crippen LogP contribution in [0, 0.1) is 0 Å². The Bertz CT molecular complexity index is 625. The normalized spacial score (nSPS) is 13.3. The van der Waals surface area contributed by atoms with Crippen molar-refractivity contribution in [2.45, 2.75) is 31.7 Å². The molecule has 3 N–H and O–H groups in total. The van der Waals surface area contributed by atoms with Crippen molar-refractivity contribution >= 4 is 41.5 Å². The molecule has 1 aliphatic carbocycles. The molecular formula is C18H29IN4O4. The van der Waals surface area contributed by atoms with Crippen LogP contribution in [-0.4, -0.2) is 52.8 Å². The zero-order valence-electron chi connectivity index (χ0n) is 16.3. The number of aliphatic imine (C=N–C) groups is 1. The Hall–Kier alpha value is -1.91. The van der Waals surface area contributed by atoms with E-state index in [2.05, 4.69) is 20.9 Å². The van der Waals surface area contributed by atoms with Crippen molar-refractivity contribution in [3.8, 4) is 17.2 Å². The Morgan fingerprint density at radius 3 is 2.26 bits per heavy atom. The van der Waals surface area contributed by atoms with E-state index in [1.165, 1.54) is 0 Å². The molecule has 1 saturated carbocycles. The first-order chi connectivity index (χ1) is 12.6. The van der Waals surface area contributed by atoms with Gasteiger partial charge in [-0.1, -0.05) is 0 Å². The van der Waals surface area contributed by atoms with Crippen molar-refractivity contribution in [3.63, 3.8) is 0 Å². The van der Waals surface area contributed by atoms with E-state index in [4.69, 9.17) is 14.2 Å². The molecule has 0 aromatic heterocycles. The number of halogens is 1. The second-order valence-corrected chi connectivity index (χ2v) is 5.98. The molecule has 27 heavy (non-hydrogen) atoms. The van der Waals surface area contributed by atoms with Gasteiger partial charge in [-0.3, -0.25) is 9.79 Å². The lowest BCUT2D eigenvalue weighted by Crippen LogP contribution is -2.32. The maximum Gasteiger partial charge on any atom is 0.220 e. The number of amides is 1.